The molecule has 0 spiro atoms. The van der Waals surface area contributed by atoms with Crippen LogP contribution >= 0.6 is 11.6 Å². The molecule has 0 aliphatic rings. The van der Waals surface area contributed by atoms with Crippen LogP contribution in [0.4, 0.5) is 4.39 Å². The molecule has 108 valence electrons. The number of fused-ring (bicyclic) bond motifs is 1. The average Bonchev–Trinajstić information content (AvgIpc) is 2.84. The Kier molecular flexibility index (Phi) is 3.93. The molecule has 1 unspecified atom stereocenters. The summed E-state index contributed by atoms with van der Waals surface area (Å²) in [6.07, 6.45) is 0.889. The minimum absolute atomic E-state index is 0.212. The van der Waals surface area contributed by atoms with E-state index in [0.29, 0.717) is 5.52 Å². The number of imidazole rings is 1. The molecule has 4 heteroatoms. The summed E-state index contributed by atoms with van der Waals surface area (Å²) < 4.78 is 15.4. The number of nitrogens with zero attached hydrogens (tertiary/aromatic N) is 2. The van der Waals surface area contributed by atoms with Gasteiger partial charge in [-0.1, -0.05) is 30.3 Å². The van der Waals surface area contributed by atoms with E-state index in [1.807, 2.05) is 25.1 Å². The van der Waals surface area contributed by atoms with Crippen molar-refractivity contribution in [3.8, 4) is 0 Å². The van der Waals surface area contributed by atoms with E-state index < -0.39 is 0 Å². The molecule has 0 bridgehead atoms. The largest absolute Gasteiger partial charge is 0.326 e. The highest BCUT2D eigenvalue weighted by atomic mass is 35.5. The van der Waals surface area contributed by atoms with Gasteiger partial charge in [-0.05, 0) is 31.0 Å². The highest BCUT2D eigenvalue weighted by Crippen LogP contribution is 2.25. The highest BCUT2D eigenvalue weighted by molar-refractivity contribution is 6.20. The second kappa shape index (κ2) is 5.86. The third-order valence-corrected chi connectivity index (χ3v) is 3.76. The smallest absolute Gasteiger partial charge is 0.127 e. The molecule has 1 heterocycles. The SMILES string of the molecule is CC(Cl)c1nc2cc(F)ccc2n1CCc1ccccc1. The Bertz CT molecular complexity index is 750. The monoisotopic (exact) mass is 302 g/mol. The van der Waals surface area contributed by atoms with Gasteiger partial charge in [0.15, 0.2) is 0 Å². The van der Waals surface area contributed by atoms with E-state index in [1.165, 1.54) is 17.7 Å². The lowest BCUT2D eigenvalue weighted by atomic mass is 10.1. The second-order valence-corrected chi connectivity index (χ2v) is 5.76. The van der Waals surface area contributed by atoms with Crippen LogP contribution in [0.5, 0.6) is 0 Å². The molecule has 0 saturated carbocycles. The second-order valence-electron chi connectivity index (χ2n) is 5.11. The summed E-state index contributed by atoms with van der Waals surface area (Å²) in [4.78, 5) is 4.48. The average molecular weight is 303 g/mol. The molecule has 0 fully saturated rings. The van der Waals surface area contributed by atoms with Gasteiger partial charge in [-0.3, -0.25) is 0 Å². The van der Waals surface area contributed by atoms with Crippen molar-refractivity contribution in [3.63, 3.8) is 0 Å². The number of alkyl halides is 1. The van der Waals surface area contributed by atoms with Crippen molar-refractivity contribution in [3.05, 3.63) is 65.7 Å². The number of rotatable bonds is 4. The third-order valence-electron chi connectivity index (χ3n) is 3.56. The standard InChI is InChI=1S/C17H16ClFN2/c1-12(18)17-20-15-11-14(19)7-8-16(15)21(17)10-9-13-5-3-2-4-6-13/h2-8,11-12H,9-10H2,1H3. The van der Waals surface area contributed by atoms with Crippen molar-refractivity contribution in [1.29, 1.82) is 0 Å². The normalized spacial score (nSPS) is 12.7. The van der Waals surface area contributed by atoms with Crippen molar-refractivity contribution in [2.45, 2.75) is 25.3 Å². The van der Waals surface area contributed by atoms with Gasteiger partial charge < -0.3 is 4.57 Å². The number of aryl methyl sites for hydroxylation is 2. The van der Waals surface area contributed by atoms with E-state index in [0.717, 1.165) is 24.3 Å². The molecule has 3 rings (SSSR count). The predicted octanol–water partition coefficient (Wildman–Crippen LogP) is 4.72. The molecule has 0 N–H and O–H groups in total. The van der Waals surface area contributed by atoms with Crippen molar-refractivity contribution in [1.82, 2.24) is 9.55 Å². The van der Waals surface area contributed by atoms with Gasteiger partial charge in [0.2, 0.25) is 0 Å². The predicted molar refractivity (Wildman–Crippen MR) is 84.1 cm³/mol. The first kappa shape index (κ1) is 14.1. The molecular formula is C17H16ClFN2. The van der Waals surface area contributed by atoms with E-state index in [-0.39, 0.29) is 11.2 Å². The van der Waals surface area contributed by atoms with E-state index in [1.54, 1.807) is 6.07 Å². The molecule has 2 nitrogen and oxygen atoms in total. The molecule has 0 aliphatic heterocycles. The molecule has 2 aromatic carbocycles. The number of aromatic nitrogens is 2. The van der Waals surface area contributed by atoms with Crippen LogP contribution in [0.3, 0.4) is 0 Å². The van der Waals surface area contributed by atoms with Gasteiger partial charge in [-0.25, -0.2) is 9.37 Å². The van der Waals surface area contributed by atoms with Gasteiger partial charge in [-0.15, -0.1) is 11.6 Å². The quantitative estimate of drug-likeness (QED) is 0.638. The van der Waals surface area contributed by atoms with Crippen LogP contribution in [0.25, 0.3) is 11.0 Å². The lowest BCUT2D eigenvalue weighted by molar-refractivity contribution is 0.629. The maximum Gasteiger partial charge on any atom is 0.127 e. The number of hydrogen-bond acceptors (Lipinski definition) is 1. The van der Waals surface area contributed by atoms with E-state index >= 15 is 0 Å². The summed E-state index contributed by atoms with van der Waals surface area (Å²) in [6.45, 7) is 2.66. The van der Waals surface area contributed by atoms with Gasteiger partial charge in [0, 0.05) is 12.6 Å². The summed E-state index contributed by atoms with van der Waals surface area (Å²) >= 11 is 6.22. The van der Waals surface area contributed by atoms with Crippen LogP contribution in [0.2, 0.25) is 0 Å². The minimum Gasteiger partial charge on any atom is -0.326 e. The van der Waals surface area contributed by atoms with Crippen LogP contribution in [0.1, 0.15) is 23.7 Å². The molecule has 0 amide bonds. The van der Waals surface area contributed by atoms with Crippen molar-refractivity contribution >= 4 is 22.6 Å². The van der Waals surface area contributed by atoms with Crippen molar-refractivity contribution in [2.24, 2.45) is 0 Å². The molecule has 1 atom stereocenters. The molecule has 21 heavy (non-hydrogen) atoms. The van der Waals surface area contributed by atoms with Gasteiger partial charge in [-0.2, -0.15) is 0 Å². The fourth-order valence-electron chi connectivity index (χ4n) is 2.55. The van der Waals surface area contributed by atoms with E-state index in [9.17, 15) is 4.39 Å². The summed E-state index contributed by atoms with van der Waals surface area (Å²) in [7, 11) is 0. The Morgan fingerprint density at radius 3 is 2.67 bits per heavy atom. The first-order chi connectivity index (χ1) is 10.1. The van der Waals surface area contributed by atoms with Gasteiger partial charge >= 0.3 is 0 Å². The summed E-state index contributed by atoms with van der Waals surface area (Å²) in [5.74, 6) is 0.511. The molecule has 0 aliphatic carbocycles. The number of halogens is 2. The minimum atomic E-state index is -0.274. The van der Waals surface area contributed by atoms with Crippen LogP contribution in [-0.4, -0.2) is 9.55 Å². The zero-order valence-corrected chi connectivity index (χ0v) is 12.5. The van der Waals surface area contributed by atoms with Crippen molar-refractivity contribution < 1.29 is 4.39 Å². The molecule has 1 aromatic heterocycles. The molecule has 0 saturated heterocycles. The molecular weight excluding hydrogens is 287 g/mol. The van der Waals surface area contributed by atoms with Crippen LogP contribution in [0.15, 0.2) is 48.5 Å². The maximum atomic E-state index is 13.3. The van der Waals surface area contributed by atoms with E-state index in [2.05, 4.69) is 21.7 Å². The zero-order valence-electron chi connectivity index (χ0n) is 11.8. The first-order valence-electron chi connectivity index (χ1n) is 6.99. The number of benzene rings is 2. The topological polar surface area (TPSA) is 17.8 Å². The van der Waals surface area contributed by atoms with Crippen LogP contribution in [-0.2, 0) is 13.0 Å². The molecule has 3 aromatic rings. The summed E-state index contributed by atoms with van der Waals surface area (Å²) in [6, 6.07) is 15.0. The Morgan fingerprint density at radius 1 is 1.19 bits per heavy atom. The van der Waals surface area contributed by atoms with Crippen LogP contribution in [0, 0.1) is 5.82 Å². The maximum absolute atomic E-state index is 13.3. The summed E-state index contributed by atoms with van der Waals surface area (Å²) in [5, 5.41) is -0.212. The Morgan fingerprint density at radius 2 is 1.95 bits per heavy atom. The fourth-order valence-corrected chi connectivity index (χ4v) is 2.71. The third kappa shape index (κ3) is 2.93. The van der Waals surface area contributed by atoms with Gasteiger partial charge in [0.1, 0.15) is 11.6 Å². The fraction of sp³-hybridized carbons (Fsp3) is 0.235. The zero-order chi connectivity index (χ0) is 14.8. The van der Waals surface area contributed by atoms with Gasteiger partial charge in [0.05, 0.1) is 16.4 Å². The van der Waals surface area contributed by atoms with Gasteiger partial charge in [0.25, 0.3) is 0 Å². The lowest BCUT2D eigenvalue weighted by Crippen LogP contribution is -2.06. The Balaban J connectivity index is 1.97. The van der Waals surface area contributed by atoms with E-state index in [4.69, 9.17) is 11.6 Å². The summed E-state index contributed by atoms with van der Waals surface area (Å²) in [5.41, 5.74) is 2.84. The first-order valence-corrected chi connectivity index (χ1v) is 7.42. The van der Waals surface area contributed by atoms with Crippen LogP contribution < -0.4 is 0 Å². The number of hydrogen-bond donors (Lipinski definition) is 0. The lowest BCUT2D eigenvalue weighted by Gasteiger charge is -2.10. The Hall–Kier alpha value is -1.87. The van der Waals surface area contributed by atoms with Crippen molar-refractivity contribution in [2.75, 3.05) is 0 Å². The molecule has 0 radical (unpaired) electrons. The highest BCUT2D eigenvalue weighted by Gasteiger charge is 2.15. The Labute approximate surface area is 128 Å².